The van der Waals surface area contributed by atoms with E-state index < -0.39 is 5.69 Å². The number of hydrogen-bond acceptors (Lipinski definition) is 4. The molecule has 1 rings (SSSR count). The quantitative estimate of drug-likeness (QED) is 0.568. The molecule has 0 radical (unpaired) electrons. The molecule has 0 unspecified atom stereocenters. The van der Waals surface area contributed by atoms with Gasteiger partial charge in [-0.3, -0.25) is 9.36 Å². The van der Waals surface area contributed by atoms with Crippen LogP contribution in [0.5, 0.6) is 0 Å². The molecule has 0 aliphatic heterocycles. The number of nitrogens with zero attached hydrogens (tertiary/aromatic N) is 2. The van der Waals surface area contributed by atoms with E-state index in [4.69, 9.17) is 16.3 Å². The number of ether oxygens (including phenoxy) is 1. The predicted molar refractivity (Wildman–Crippen MR) is 54.8 cm³/mol. The van der Waals surface area contributed by atoms with E-state index in [2.05, 4.69) is 4.98 Å². The highest BCUT2D eigenvalue weighted by molar-refractivity contribution is 6.29. The summed E-state index contributed by atoms with van der Waals surface area (Å²) in [4.78, 5) is 25.8. The second-order valence-corrected chi connectivity index (χ2v) is 3.17. The van der Waals surface area contributed by atoms with Crippen molar-refractivity contribution in [3.05, 3.63) is 27.9 Å². The largest absolute Gasteiger partial charge is 0.466 e. The number of carbonyl (C=O) groups is 1. The third-order valence-electron chi connectivity index (χ3n) is 1.70. The zero-order chi connectivity index (χ0) is 11.3. The lowest BCUT2D eigenvalue weighted by Gasteiger charge is -2.04. The number of esters is 1. The number of hydrogen-bond donors (Lipinski definition) is 0. The standard InChI is InChI=1S/C9H11ClN2O3/c1-2-15-8(13)4-6-12-5-3-7(10)11-9(12)14/h3,5H,2,4,6H2,1H3. The topological polar surface area (TPSA) is 61.2 Å². The zero-order valence-electron chi connectivity index (χ0n) is 8.27. The van der Waals surface area contributed by atoms with Crippen LogP contribution < -0.4 is 5.69 Å². The molecule has 1 aromatic heterocycles. The summed E-state index contributed by atoms with van der Waals surface area (Å²) in [6.45, 7) is 2.32. The number of aromatic nitrogens is 2. The molecule has 0 spiro atoms. The van der Waals surface area contributed by atoms with Crippen LogP contribution in [0.1, 0.15) is 13.3 Å². The minimum absolute atomic E-state index is 0.146. The first-order valence-electron chi connectivity index (χ1n) is 4.52. The SMILES string of the molecule is CCOC(=O)CCn1ccc(Cl)nc1=O. The molecule has 1 aromatic rings. The van der Waals surface area contributed by atoms with Crippen molar-refractivity contribution in [2.45, 2.75) is 19.9 Å². The molecule has 15 heavy (non-hydrogen) atoms. The summed E-state index contributed by atoms with van der Waals surface area (Å²) in [7, 11) is 0. The Balaban J connectivity index is 2.58. The van der Waals surface area contributed by atoms with Gasteiger partial charge in [0.15, 0.2) is 0 Å². The monoisotopic (exact) mass is 230 g/mol. The van der Waals surface area contributed by atoms with Gasteiger partial charge in [0.05, 0.1) is 13.0 Å². The minimum atomic E-state index is -0.466. The number of halogens is 1. The molecule has 0 aliphatic carbocycles. The molecule has 82 valence electrons. The van der Waals surface area contributed by atoms with E-state index in [9.17, 15) is 9.59 Å². The van der Waals surface area contributed by atoms with Crippen LogP contribution >= 0.6 is 11.6 Å². The maximum Gasteiger partial charge on any atom is 0.348 e. The highest BCUT2D eigenvalue weighted by atomic mass is 35.5. The van der Waals surface area contributed by atoms with E-state index in [0.717, 1.165) is 0 Å². The Morgan fingerprint density at radius 3 is 3.00 bits per heavy atom. The van der Waals surface area contributed by atoms with Crippen molar-refractivity contribution in [1.82, 2.24) is 9.55 Å². The Bertz CT molecular complexity index is 403. The molecule has 0 aromatic carbocycles. The van der Waals surface area contributed by atoms with Crippen LogP contribution in [0.25, 0.3) is 0 Å². The summed E-state index contributed by atoms with van der Waals surface area (Å²) in [5.74, 6) is -0.334. The summed E-state index contributed by atoms with van der Waals surface area (Å²) in [5, 5.41) is 0.146. The van der Waals surface area contributed by atoms with E-state index in [0.29, 0.717) is 6.61 Å². The van der Waals surface area contributed by atoms with E-state index >= 15 is 0 Å². The highest BCUT2D eigenvalue weighted by Gasteiger charge is 2.03. The van der Waals surface area contributed by atoms with E-state index in [1.165, 1.54) is 16.8 Å². The average Bonchev–Trinajstić information content (AvgIpc) is 2.17. The van der Waals surface area contributed by atoms with Crippen LogP contribution in [0.15, 0.2) is 17.1 Å². The Hall–Kier alpha value is -1.36. The van der Waals surface area contributed by atoms with Crippen molar-refractivity contribution < 1.29 is 9.53 Å². The van der Waals surface area contributed by atoms with Crippen molar-refractivity contribution in [3.63, 3.8) is 0 Å². The van der Waals surface area contributed by atoms with Gasteiger partial charge in [0, 0.05) is 12.7 Å². The fourth-order valence-corrected chi connectivity index (χ4v) is 1.15. The third-order valence-corrected chi connectivity index (χ3v) is 1.91. The number of carbonyl (C=O) groups excluding carboxylic acids is 1. The predicted octanol–water partition coefficient (Wildman–Crippen LogP) is 0.850. The minimum Gasteiger partial charge on any atom is -0.466 e. The number of aryl methyl sites for hydroxylation is 1. The van der Waals surface area contributed by atoms with Gasteiger partial charge >= 0.3 is 11.7 Å². The summed E-state index contributed by atoms with van der Waals surface area (Å²) >= 11 is 5.51. The van der Waals surface area contributed by atoms with Gasteiger partial charge in [-0.05, 0) is 13.0 Å². The smallest absolute Gasteiger partial charge is 0.348 e. The molecule has 5 nitrogen and oxygen atoms in total. The summed E-state index contributed by atoms with van der Waals surface area (Å²) < 4.78 is 6.03. The van der Waals surface area contributed by atoms with Crippen molar-refractivity contribution >= 4 is 17.6 Å². The molecule has 1 heterocycles. The summed E-state index contributed by atoms with van der Waals surface area (Å²) in [6.07, 6.45) is 1.65. The molecular weight excluding hydrogens is 220 g/mol. The third kappa shape index (κ3) is 3.71. The normalized spacial score (nSPS) is 10.0. The maximum atomic E-state index is 11.2. The molecule has 0 saturated heterocycles. The number of rotatable bonds is 4. The molecular formula is C9H11ClN2O3. The van der Waals surface area contributed by atoms with E-state index in [-0.39, 0.29) is 24.1 Å². The first-order valence-corrected chi connectivity index (χ1v) is 4.90. The molecule has 0 amide bonds. The van der Waals surface area contributed by atoms with E-state index in [1.54, 1.807) is 6.92 Å². The fraction of sp³-hybridized carbons (Fsp3) is 0.444. The summed E-state index contributed by atoms with van der Waals surface area (Å²) in [5.41, 5.74) is -0.466. The van der Waals surface area contributed by atoms with Crippen molar-refractivity contribution in [2.75, 3.05) is 6.61 Å². The van der Waals surface area contributed by atoms with Gasteiger partial charge in [-0.15, -0.1) is 0 Å². The van der Waals surface area contributed by atoms with Crippen LogP contribution in [-0.2, 0) is 16.1 Å². The fourth-order valence-electron chi connectivity index (χ4n) is 1.02. The van der Waals surface area contributed by atoms with Crippen molar-refractivity contribution in [1.29, 1.82) is 0 Å². The average molecular weight is 231 g/mol. The zero-order valence-corrected chi connectivity index (χ0v) is 9.03. The van der Waals surface area contributed by atoms with Crippen LogP contribution in [0.3, 0.4) is 0 Å². The van der Waals surface area contributed by atoms with Gasteiger partial charge in [0.1, 0.15) is 5.15 Å². The van der Waals surface area contributed by atoms with Crippen molar-refractivity contribution in [2.24, 2.45) is 0 Å². The Morgan fingerprint density at radius 1 is 1.67 bits per heavy atom. The van der Waals surface area contributed by atoms with Crippen LogP contribution in [-0.4, -0.2) is 22.1 Å². The first-order chi connectivity index (χ1) is 7.13. The second-order valence-electron chi connectivity index (χ2n) is 2.78. The lowest BCUT2D eigenvalue weighted by Crippen LogP contribution is -2.23. The summed E-state index contributed by atoms with van der Waals surface area (Å²) in [6, 6.07) is 1.49. The van der Waals surface area contributed by atoms with Gasteiger partial charge in [-0.2, -0.15) is 4.98 Å². The first kappa shape index (κ1) is 11.7. The molecule has 0 N–H and O–H groups in total. The highest BCUT2D eigenvalue weighted by Crippen LogP contribution is 1.98. The van der Waals surface area contributed by atoms with Gasteiger partial charge < -0.3 is 4.74 Å². The second kappa shape index (κ2) is 5.50. The van der Waals surface area contributed by atoms with E-state index in [1.807, 2.05) is 0 Å². The van der Waals surface area contributed by atoms with Crippen LogP contribution in [0.4, 0.5) is 0 Å². The molecule has 0 saturated carbocycles. The van der Waals surface area contributed by atoms with Gasteiger partial charge in [0.25, 0.3) is 0 Å². The maximum absolute atomic E-state index is 11.2. The lowest BCUT2D eigenvalue weighted by atomic mass is 10.4. The Morgan fingerprint density at radius 2 is 2.40 bits per heavy atom. The Kier molecular flexibility index (Phi) is 4.30. The van der Waals surface area contributed by atoms with Gasteiger partial charge in [0.2, 0.25) is 0 Å². The van der Waals surface area contributed by atoms with Crippen LogP contribution in [0, 0.1) is 0 Å². The molecule has 0 bridgehead atoms. The molecule has 0 fully saturated rings. The van der Waals surface area contributed by atoms with Gasteiger partial charge in [-0.1, -0.05) is 11.6 Å². The van der Waals surface area contributed by atoms with Crippen LogP contribution in [0.2, 0.25) is 5.15 Å². The van der Waals surface area contributed by atoms with Crippen molar-refractivity contribution in [3.8, 4) is 0 Å². The van der Waals surface area contributed by atoms with Gasteiger partial charge in [-0.25, -0.2) is 4.79 Å². The molecule has 6 heteroatoms. The molecule has 0 aliphatic rings. The lowest BCUT2D eigenvalue weighted by molar-refractivity contribution is -0.143. The molecule has 0 atom stereocenters. The Labute approximate surface area is 91.6 Å².